The molecule has 5 heteroatoms. The van der Waals surface area contributed by atoms with Crippen molar-refractivity contribution in [3.63, 3.8) is 0 Å². The normalized spacial score (nSPS) is 28.8. The maximum atomic E-state index is 12.1. The van der Waals surface area contributed by atoms with Gasteiger partial charge in [0, 0.05) is 37.4 Å². The van der Waals surface area contributed by atoms with Crippen molar-refractivity contribution in [2.75, 3.05) is 24.6 Å². The number of hydrogen-bond acceptors (Lipinski definition) is 4. The van der Waals surface area contributed by atoms with E-state index in [9.17, 15) is 9.59 Å². The number of carbonyl (C=O) groups excluding carboxylic acids is 2. The van der Waals surface area contributed by atoms with E-state index in [0.29, 0.717) is 16.9 Å². The van der Waals surface area contributed by atoms with E-state index in [0.717, 1.165) is 19.5 Å². The Kier molecular flexibility index (Phi) is 2.70. The SMILES string of the molecule is O=C1CC(C(=O)N2CCC3(C2)SCCS3)C1. The molecular weight excluding hydrogens is 242 g/mol. The van der Waals surface area contributed by atoms with E-state index in [4.69, 9.17) is 0 Å². The number of likely N-dealkylation sites (tertiary alicyclic amines) is 1. The van der Waals surface area contributed by atoms with Crippen LogP contribution < -0.4 is 0 Å². The van der Waals surface area contributed by atoms with Crippen LogP contribution >= 0.6 is 23.5 Å². The fraction of sp³-hybridized carbons (Fsp3) is 0.818. The van der Waals surface area contributed by atoms with Crippen molar-refractivity contribution in [2.45, 2.75) is 23.3 Å². The summed E-state index contributed by atoms with van der Waals surface area (Å²) in [6.07, 6.45) is 2.10. The average Bonchev–Trinajstić information content (AvgIpc) is 2.84. The van der Waals surface area contributed by atoms with Gasteiger partial charge in [0.25, 0.3) is 0 Å². The number of hydrogen-bond donors (Lipinski definition) is 0. The number of ketones is 1. The zero-order valence-corrected chi connectivity index (χ0v) is 10.7. The van der Waals surface area contributed by atoms with E-state index in [1.54, 1.807) is 0 Å². The zero-order valence-electron chi connectivity index (χ0n) is 9.11. The maximum Gasteiger partial charge on any atom is 0.226 e. The van der Waals surface area contributed by atoms with Gasteiger partial charge in [0.05, 0.1) is 10.00 Å². The minimum atomic E-state index is 0.0130. The molecule has 0 aromatic rings. The Morgan fingerprint density at radius 3 is 2.62 bits per heavy atom. The number of Topliss-reactive ketones (excluding diaryl/α,β-unsaturated/α-hetero) is 1. The topological polar surface area (TPSA) is 37.4 Å². The van der Waals surface area contributed by atoms with Crippen molar-refractivity contribution in [2.24, 2.45) is 5.92 Å². The molecule has 2 aliphatic heterocycles. The maximum absolute atomic E-state index is 12.1. The molecule has 3 aliphatic rings. The summed E-state index contributed by atoms with van der Waals surface area (Å²) in [6, 6.07) is 0. The summed E-state index contributed by atoms with van der Waals surface area (Å²) >= 11 is 4.03. The molecule has 3 nitrogen and oxygen atoms in total. The fourth-order valence-corrected chi connectivity index (χ4v) is 5.81. The van der Waals surface area contributed by atoms with E-state index in [-0.39, 0.29) is 17.6 Å². The van der Waals surface area contributed by atoms with Crippen LogP contribution in [0.25, 0.3) is 0 Å². The molecule has 2 heterocycles. The molecule has 0 unspecified atom stereocenters. The number of carbonyl (C=O) groups is 2. The van der Waals surface area contributed by atoms with Crippen molar-refractivity contribution in [3.8, 4) is 0 Å². The second-order valence-electron chi connectivity index (χ2n) is 4.76. The third-order valence-corrected chi connectivity index (χ3v) is 7.12. The lowest BCUT2D eigenvalue weighted by Gasteiger charge is -2.29. The molecule has 1 spiro atoms. The van der Waals surface area contributed by atoms with E-state index in [1.807, 2.05) is 28.4 Å². The second kappa shape index (κ2) is 3.95. The van der Waals surface area contributed by atoms with Crippen LogP contribution in [0.15, 0.2) is 0 Å². The van der Waals surface area contributed by atoms with E-state index < -0.39 is 0 Å². The minimum Gasteiger partial charge on any atom is -0.340 e. The summed E-state index contributed by atoms with van der Waals surface area (Å²) in [5.74, 6) is 2.92. The van der Waals surface area contributed by atoms with E-state index >= 15 is 0 Å². The van der Waals surface area contributed by atoms with Gasteiger partial charge in [0.1, 0.15) is 5.78 Å². The molecule has 0 bridgehead atoms. The number of thioether (sulfide) groups is 2. The molecule has 0 aromatic carbocycles. The second-order valence-corrected chi connectivity index (χ2v) is 7.98. The minimum absolute atomic E-state index is 0.0130. The molecule has 1 saturated carbocycles. The highest BCUT2D eigenvalue weighted by atomic mass is 32.2. The number of rotatable bonds is 1. The van der Waals surface area contributed by atoms with Crippen LogP contribution in [0, 0.1) is 5.92 Å². The molecule has 0 N–H and O–H groups in total. The molecule has 3 fully saturated rings. The first-order valence-electron chi connectivity index (χ1n) is 5.77. The first-order chi connectivity index (χ1) is 7.69. The summed E-state index contributed by atoms with van der Waals surface area (Å²) in [4.78, 5) is 25.0. The van der Waals surface area contributed by atoms with Gasteiger partial charge in [0.15, 0.2) is 0 Å². The largest absolute Gasteiger partial charge is 0.340 e. The summed E-state index contributed by atoms with van der Waals surface area (Å²) < 4.78 is 0.295. The third-order valence-electron chi connectivity index (χ3n) is 3.62. The van der Waals surface area contributed by atoms with Gasteiger partial charge in [-0.1, -0.05) is 0 Å². The average molecular weight is 257 g/mol. The Labute approximate surface area is 104 Å². The first kappa shape index (κ1) is 11.0. The highest BCUT2D eigenvalue weighted by Gasteiger charge is 2.46. The van der Waals surface area contributed by atoms with Crippen molar-refractivity contribution >= 4 is 35.2 Å². The smallest absolute Gasteiger partial charge is 0.226 e. The molecule has 3 rings (SSSR count). The standard InChI is InChI=1S/C11H15NO2S2/c13-9-5-8(6-9)10(14)12-2-1-11(7-12)15-3-4-16-11/h8H,1-7H2. The van der Waals surface area contributed by atoms with Gasteiger partial charge in [-0.3, -0.25) is 9.59 Å². The lowest BCUT2D eigenvalue weighted by atomic mass is 9.83. The van der Waals surface area contributed by atoms with Crippen LogP contribution in [0.5, 0.6) is 0 Å². The lowest BCUT2D eigenvalue weighted by molar-refractivity contribution is -0.144. The highest BCUT2D eigenvalue weighted by Crippen LogP contribution is 2.50. The molecule has 1 aliphatic carbocycles. The lowest BCUT2D eigenvalue weighted by Crippen LogP contribution is -2.41. The Hall–Kier alpha value is -0.160. The monoisotopic (exact) mass is 257 g/mol. The van der Waals surface area contributed by atoms with Gasteiger partial charge in [0.2, 0.25) is 5.91 Å². The van der Waals surface area contributed by atoms with Crippen molar-refractivity contribution in [1.29, 1.82) is 0 Å². The van der Waals surface area contributed by atoms with Crippen LogP contribution in [0.3, 0.4) is 0 Å². The van der Waals surface area contributed by atoms with Crippen LogP contribution in [0.1, 0.15) is 19.3 Å². The van der Waals surface area contributed by atoms with Gasteiger partial charge in [-0.2, -0.15) is 0 Å². The van der Waals surface area contributed by atoms with Crippen LogP contribution in [0.4, 0.5) is 0 Å². The molecule has 0 radical (unpaired) electrons. The number of amides is 1. The third kappa shape index (κ3) is 1.78. The Morgan fingerprint density at radius 1 is 1.31 bits per heavy atom. The van der Waals surface area contributed by atoms with Crippen molar-refractivity contribution in [1.82, 2.24) is 4.90 Å². The van der Waals surface area contributed by atoms with Crippen LogP contribution in [-0.2, 0) is 9.59 Å². The summed E-state index contributed by atoms with van der Waals surface area (Å²) in [5, 5.41) is 0. The molecule has 0 aromatic heterocycles. The van der Waals surface area contributed by atoms with Crippen LogP contribution in [-0.4, -0.2) is 45.3 Å². The van der Waals surface area contributed by atoms with E-state index in [2.05, 4.69) is 0 Å². The Morgan fingerprint density at radius 2 is 2.00 bits per heavy atom. The number of nitrogens with zero attached hydrogens (tertiary/aromatic N) is 1. The Balaban J connectivity index is 1.60. The molecule has 2 saturated heterocycles. The summed E-state index contributed by atoms with van der Waals surface area (Å²) in [5.41, 5.74) is 0. The van der Waals surface area contributed by atoms with Gasteiger partial charge < -0.3 is 4.90 Å². The molecule has 16 heavy (non-hydrogen) atoms. The quantitative estimate of drug-likeness (QED) is 0.711. The van der Waals surface area contributed by atoms with Gasteiger partial charge >= 0.3 is 0 Å². The van der Waals surface area contributed by atoms with Crippen molar-refractivity contribution in [3.05, 3.63) is 0 Å². The van der Waals surface area contributed by atoms with Crippen LogP contribution in [0.2, 0.25) is 0 Å². The highest BCUT2D eigenvalue weighted by molar-refractivity contribution is 8.21. The zero-order chi connectivity index (χ0) is 11.2. The van der Waals surface area contributed by atoms with Gasteiger partial charge in [-0.05, 0) is 6.42 Å². The Bertz CT molecular complexity index is 331. The summed E-state index contributed by atoms with van der Waals surface area (Å²) in [7, 11) is 0. The summed E-state index contributed by atoms with van der Waals surface area (Å²) in [6.45, 7) is 1.79. The molecule has 1 amide bonds. The van der Waals surface area contributed by atoms with Gasteiger partial charge in [-0.25, -0.2) is 0 Å². The predicted molar refractivity (Wildman–Crippen MR) is 66.6 cm³/mol. The molecule has 0 atom stereocenters. The predicted octanol–water partition coefficient (Wildman–Crippen LogP) is 1.37. The fourth-order valence-electron chi connectivity index (χ4n) is 2.60. The van der Waals surface area contributed by atoms with Crippen molar-refractivity contribution < 1.29 is 9.59 Å². The van der Waals surface area contributed by atoms with E-state index in [1.165, 1.54) is 11.5 Å². The molecular formula is C11H15NO2S2. The molecule has 88 valence electrons. The van der Waals surface area contributed by atoms with Gasteiger partial charge in [-0.15, -0.1) is 23.5 Å². The first-order valence-corrected chi connectivity index (χ1v) is 7.74.